The molecule has 126 valence electrons. The van der Waals surface area contributed by atoms with Crippen molar-refractivity contribution in [2.24, 2.45) is 0 Å². The van der Waals surface area contributed by atoms with E-state index in [-0.39, 0.29) is 11.8 Å². The van der Waals surface area contributed by atoms with Crippen LogP contribution in [-0.2, 0) is 4.79 Å². The third kappa shape index (κ3) is 3.15. The molecule has 1 aliphatic heterocycles. The van der Waals surface area contributed by atoms with Crippen LogP contribution < -0.4 is 4.90 Å². The van der Waals surface area contributed by atoms with Gasteiger partial charge in [-0.1, -0.05) is 52.7 Å². The Labute approximate surface area is 150 Å². The van der Waals surface area contributed by atoms with Gasteiger partial charge in [0.15, 0.2) is 0 Å². The smallest absolute Gasteiger partial charge is 0.232 e. The number of carbonyl (C=O) groups is 1. The third-order valence-electron chi connectivity index (χ3n) is 4.35. The lowest BCUT2D eigenvalue weighted by Crippen LogP contribution is -2.24. The maximum absolute atomic E-state index is 12.4. The van der Waals surface area contributed by atoms with Crippen molar-refractivity contribution in [2.75, 3.05) is 11.4 Å². The van der Waals surface area contributed by atoms with Crippen molar-refractivity contribution in [3.63, 3.8) is 0 Å². The first-order valence-electron chi connectivity index (χ1n) is 8.07. The second-order valence-electron chi connectivity index (χ2n) is 6.21. The average molecular weight is 354 g/mol. The molecular weight excluding hydrogens is 338 g/mol. The van der Waals surface area contributed by atoms with Crippen molar-refractivity contribution in [3.05, 3.63) is 65.0 Å². The highest BCUT2D eigenvalue weighted by molar-refractivity contribution is 6.30. The molecule has 2 heterocycles. The Morgan fingerprint density at radius 1 is 1.20 bits per heavy atom. The Hall–Kier alpha value is -2.66. The van der Waals surface area contributed by atoms with Gasteiger partial charge < -0.3 is 9.42 Å². The first kappa shape index (κ1) is 15.8. The summed E-state index contributed by atoms with van der Waals surface area (Å²) in [6.45, 7) is 2.54. The minimum Gasteiger partial charge on any atom is -0.339 e. The van der Waals surface area contributed by atoms with Crippen LogP contribution >= 0.6 is 11.6 Å². The Kier molecular flexibility index (Phi) is 4.01. The van der Waals surface area contributed by atoms with E-state index in [0.29, 0.717) is 29.7 Å². The van der Waals surface area contributed by atoms with Crippen LogP contribution in [0.15, 0.2) is 53.1 Å². The third-order valence-corrected chi connectivity index (χ3v) is 4.58. The fourth-order valence-electron chi connectivity index (χ4n) is 2.99. The van der Waals surface area contributed by atoms with E-state index in [1.165, 1.54) is 5.56 Å². The number of carbonyl (C=O) groups excluding carboxylic acids is 1. The molecule has 0 radical (unpaired) electrons. The van der Waals surface area contributed by atoms with Crippen LogP contribution in [0.1, 0.15) is 23.8 Å². The van der Waals surface area contributed by atoms with Crippen molar-refractivity contribution in [1.82, 2.24) is 10.1 Å². The lowest BCUT2D eigenvalue weighted by atomic mass is 10.1. The summed E-state index contributed by atoms with van der Waals surface area (Å²) in [6.07, 6.45) is 0.349. The summed E-state index contributed by atoms with van der Waals surface area (Å²) in [6, 6.07) is 15.2. The number of amides is 1. The predicted molar refractivity (Wildman–Crippen MR) is 95.6 cm³/mol. The lowest BCUT2D eigenvalue weighted by molar-refractivity contribution is -0.117. The van der Waals surface area contributed by atoms with E-state index in [9.17, 15) is 4.79 Å². The van der Waals surface area contributed by atoms with Crippen molar-refractivity contribution in [3.8, 4) is 11.4 Å². The highest BCUT2D eigenvalue weighted by Gasteiger charge is 2.35. The van der Waals surface area contributed by atoms with E-state index < -0.39 is 0 Å². The summed E-state index contributed by atoms with van der Waals surface area (Å²) >= 11 is 6.03. The molecule has 1 fully saturated rings. The molecule has 1 aliphatic rings. The molecule has 1 saturated heterocycles. The van der Waals surface area contributed by atoms with E-state index in [2.05, 4.69) is 10.1 Å². The molecule has 0 spiro atoms. The number of rotatable bonds is 3. The van der Waals surface area contributed by atoms with Crippen LogP contribution in [0.4, 0.5) is 5.69 Å². The number of aromatic nitrogens is 2. The number of aryl methyl sites for hydroxylation is 1. The van der Waals surface area contributed by atoms with E-state index >= 15 is 0 Å². The molecule has 3 aromatic rings. The zero-order valence-electron chi connectivity index (χ0n) is 13.6. The Balaban J connectivity index is 1.55. The number of anilines is 1. The molecule has 1 atom stereocenters. The van der Waals surface area contributed by atoms with Gasteiger partial charge in [0.1, 0.15) is 0 Å². The summed E-state index contributed by atoms with van der Waals surface area (Å²) in [5.41, 5.74) is 2.86. The first-order valence-corrected chi connectivity index (χ1v) is 8.44. The maximum atomic E-state index is 12.4. The molecule has 2 aromatic carbocycles. The number of nitrogens with zero attached hydrogens (tertiary/aromatic N) is 3. The lowest BCUT2D eigenvalue weighted by Gasteiger charge is -2.16. The van der Waals surface area contributed by atoms with Crippen LogP contribution in [0, 0.1) is 6.92 Å². The standard InChI is InChI=1S/C19H16ClN3O2/c1-12-5-7-13(8-6-12)18-21-19(25-22-18)14-9-17(24)23(11-14)16-4-2-3-15(20)10-16/h2-8,10,14H,9,11H2,1H3/t14-/m0/s1. The fraction of sp³-hybridized carbons (Fsp3) is 0.211. The summed E-state index contributed by atoms with van der Waals surface area (Å²) in [5.74, 6) is 0.956. The number of benzene rings is 2. The number of hydrogen-bond acceptors (Lipinski definition) is 4. The monoisotopic (exact) mass is 353 g/mol. The summed E-state index contributed by atoms with van der Waals surface area (Å²) in [7, 11) is 0. The molecule has 6 heteroatoms. The first-order chi connectivity index (χ1) is 12.1. The molecule has 4 rings (SSSR count). The minimum absolute atomic E-state index is 0.0300. The van der Waals surface area contributed by atoms with Gasteiger partial charge >= 0.3 is 0 Å². The zero-order valence-corrected chi connectivity index (χ0v) is 14.4. The molecule has 5 nitrogen and oxygen atoms in total. The SMILES string of the molecule is Cc1ccc(-c2noc([C@H]3CC(=O)N(c4cccc(Cl)c4)C3)n2)cc1. The molecule has 0 saturated carbocycles. The fourth-order valence-corrected chi connectivity index (χ4v) is 3.17. The van der Waals surface area contributed by atoms with Gasteiger partial charge in [0.05, 0.1) is 5.92 Å². The van der Waals surface area contributed by atoms with Gasteiger partial charge in [0.2, 0.25) is 17.6 Å². The number of hydrogen-bond donors (Lipinski definition) is 0. The van der Waals surface area contributed by atoms with Gasteiger partial charge in [-0.2, -0.15) is 4.98 Å². The van der Waals surface area contributed by atoms with E-state index in [4.69, 9.17) is 16.1 Å². The molecule has 1 aromatic heterocycles. The Morgan fingerprint density at radius 2 is 2.00 bits per heavy atom. The second kappa shape index (κ2) is 6.33. The van der Waals surface area contributed by atoms with Crippen molar-refractivity contribution < 1.29 is 9.32 Å². The van der Waals surface area contributed by atoms with E-state index in [1.807, 2.05) is 43.3 Å². The zero-order chi connectivity index (χ0) is 17.4. The Bertz CT molecular complexity index is 920. The maximum Gasteiger partial charge on any atom is 0.232 e. The highest BCUT2D eigenvalue weighted by Crippen LogP contribution is 2.32. The van der Waals surface area contributed by atoms with Gasteiger partial charge in [-0.15, -0.1) is 0 Å². The van der Waals surface area contributed by atoms with Crippen LogP contribution in [0.2, 0.25) is 5.02 Å². The van der Waals surface area contributed by atoms with Crippen molar-refractivity contribution in [1.29, 1.82) is 0 Å². The van der Waals surface area contributed by atoms with Crippen LogP contribution in [0.25, 0.3) is 11.4 Å². The van der Waals surface area contributed by atoms with E-state index in [1.54, 1.807) is 17.0 Å². The molecule has 25 heavy (non-hydrogen) atoms. The van der Waals surface area contributed by atoms with Gasteiger partial charge in [0, 0.05) is 29.2 Å². The summed E-state index contributed by atoms with van der Waals surface area (Å²) < 4.78 is 5.42. The molecule has 0 N–H and O–H groups in total. The van der Waals surface area contributed by atoms with Gasteiger partial charge in [-0.3, -0.25) is 4.79 Å². The average Bonchev–Trinajstić information content (AvgIpc) is 3.22. The van der Waals surface area contributed by atoms with Gasteiger partial charge in [-0.25, -0.2) is 0 Å². The summed E-state index contributed by atoms with van der Waals surface area (Å²) in [5, 5.41) is 4.67. The molecule has 1 amide bonds. The Morgan fingerprint density at radius 3 is 2.76 bits per heavy atom. The van der Waals surface area contributed by atoms with Gasteiger partial charge in [0.25, 0.3) is 0 Å². The quantitative estimate of drug-likeness (QED) is 0.707. The van der Waals surface area contributed by atoms with Crippen LogP contribution in [0.3, 0.4) is 0 Å². The van der Waals surface area contributed by atoms with Crippen LogP contribution in [-0.4, -0.2) is 22.6 Å². The predicted octanol–water partition coefficient (Wildman–Crippen LogP) is 4.22. The molecular formula is C19H16ClN3O2. The number of halogens is 1. The summed E-state index contributed by atoms with van der Waals surface area (Å²) in [4.78, 5) is 18.6. The van der Waals surface area contributed by atoms with Gasteiger partial charge in [-0.05, 0) is 25.1 Å². The van der Waals surface area contributed by atoms with Crippen molar-refractivity contribution in [2.45, 2.75) is 19.3 Å². The van der Waals surface area contributed by atoms with Crippen molar-refractivity contribution >= 4 is 23.2 Å². The molecule has 0 aliphatic carbocycles. The molecule has 0 bridgehead atoms. The molecule has 0 unspecified atom stereocenters. The minimum atomic E-state index is -0.113. The second-order valence-corrected chi connectivity index (χ2v) is 6.64. The largest absolute Gasteiger partial charge is 0.339 e. The normalized spacial score (nSPS) is 17.3. The topological polar surface area (TPSA) is 59.2 Å². The highest BCUT2D eigenvalue weighted by atomic mass is 35.5. The van der Waals surface area contributed by atoms with E-state index in [0.717, 1.165) is 11.3 Å². The van der Waals surface area contributed by atoms with Crippen LogP contribution in [0.5, 0.6) is 0 Å².